The first-order valence-electron chi connectivity index (χ1n) is 4.12. The number of aliphatic carboxylic acids is 1. The standard InChI is InChI=1S/C9H15NO4/c1-10(2)6-7(9(12)13)8(11)4-5-14-3/h6H,4-5H2,1-3H3,(H,12,13)/b7-6-. The van der Waals surface area contributed by atoms with Crippen LogP contribution in [-0.4, -0.2) is 49.6 Å². The summed E-state index contributed by atoms with van der Waals surface area (Å²) in [6.45, 7) is 0.233. The molecule has 14 heavy (non-hydrogen) atoms. The van der Waals surface area contributed by atoms with E-state index in [1.165, 1.54) is 18.2 Å². The van der Waals surface area contributed by atoms with Crippen LogP contribution in [0.5, 0.6) is 0 Å². The van der Waals surface area contributed by atoms with E-state index >= 15 is 0 Å². The first-order chi connectivity index (χ1) is 6.49. The Kier molecular flexibility index (Phi) is 5.55. The van der Waals surface area contributed by atoms with E-state index in [0.29, 0.717) is 0 Å². The number of carbonyl (C=O) groups excluding carboxylic acids is 1. The van der Waals surface area contributed by atoms with Gasteiger partial charge >= 0.3 is 5.97 Å². The first kappa shape index (κ1) is 12.6. The molecule has 0 saturated carbocycles. The number of carboxylic acids is 1. The van der Waals surface area contributed by atoms with Crippen molar-refractivity contribution in [2.24, 2.45) is 0 Å². The molecule has 0 radical (unpaired) electrons. The molecule has 0 aromatic heterocycles. The highest BCUT2D eigenvalue weighted by Gasteiger charge is 2.16. The molecule has 5 nitrogen and oxygen atoms in total. The Bertz CT molecular complexity index is 245. The normalized spacial score (nSPS) is 11.2. The summed E-state index contributed by atoms with van der Waals surface area (Å²) < 4.78 is 4.69. The number of hydrogen-bond acceptors (Lipinski definition) is 4. The number of rotatable bonds is 6. The maximum Gasteiger partial charge on any atom is 0.340 e. The molecule has 0 aliphatic heterocycles. The lowest BCUT2D eigenvalue weighted by molar-refractivity contribution is -0.134. The van der Waals surface area contributed by atoms with Crippen molar-refractivity contribution in [2.75, 3.05) is 27.8 Å². The second-order valence-corrected chi connectivity index (χ2v) is 2.98. The number of hydrogen-bond donors (Lipinski definition) is 1. The molecule has 0 aliphatic carbocycles. The summed E-state index contributed by atoms with van der Waals surface area (Å²) in [6.07, 6.45) is 1.38. The van der Waals surface area contributed by atoms with Crippen LogP contribution in [0.1, 0.15) is 6.42 Å². The summed E-state index contributed by atoms with van der Waals surface area (Å²) in [7, 11) is 4.78. The highest BCUT2D eigenvalue weighted by Crippen LogP contribution is 2.02. The number of ether oxygens (including phenoxy) is 1. The molecule has 0 heterocycles. The lowest BCUT2D eigenvalue weighted by atomic mass is 10.1. The summed E-state index contributed by atoms with van der Waals surface area (Å²) >= 11 is 0. The van der Waals surface area contributed by atoms with E-state index in [-0.39, 0.29) is 18.6 Å². The number of methoxy groups -OCH3 is 1. The van der Waals surface area contributed by atoms with E-state index in [1.807, 2.05) is 0 Å². The van der Waals surface area contributed by atoms with Crippen LogP contribution in [0.2, 0.25) is 0 Å². The topological polar surface area (TPSA) is 66.8 Å². The highest BCUT2D eigenvalue weighted by molar-refractivity contribution is 6.16. The van der Waals surface area contributed by atoms with Gasteiger partial charge in [0.1, 0.15) is 5.57 Å². The van der Waals surface area contributed by atoms with Crippen LogP contribution >= 0.6 is 0 Å². The molecule has 0 fully saturated rings. The van der Waals surface area contributed by atoms with Crippen LogP contribution < -0.4 is 0 Å². The second-order valence-electron chi connectivity index (χ2n) is 2.98. The molecule has 0 spiro atoms. The van der Waals surface area contributed by atoms with Gasteiger partial charge in [-0.05, 0) is 0 Å². The van der Waals surface area contributed by atoms with Crippen LogP contribution in [0.4, 0.5) is 0 Å². The Morgan fingerprint density at radius 3 is 2.36 bits per heavy atom. The number of carbonyl (C=O) groups is 2. The van der Waals surface area contributed by atoms with Gasteiger partial charge in [0.25, 0.3) is 0 Å². The van der Waals surface area contributed by atoms with E-state index in [1.54, 1.807) is 14.1 Å². The third-order valence-corrected chi connectivity index (χ3v) is 1.45. The zero-order valence-electron chi connectivity index (χ0n) is 8.61. The molecule has 0 saturated heterocycles. The molecule has 0 aliphatic rings. The molecular weight excluding hydrogens is 186 g/mol. The Labute approximate surface area is 83.0 Å². The minimum absolute atomic E-state index is 0.0858. The van der Waals surface area contributed by atoms with Gasteiger partial charge in [-0.1, -0.05) is 0 Å². The van der Waals surface area contributed by atoms with Gasteiger partial charge in [0.05, 0.1) is 6.61 Å². The van der Waals surface area contributed by atoms with Crippen molar-refractivity contribution < 1.29 is 19.4 Å². The minimum atomic E-state index is -1.21. The maximum absolute atomic E-state index is 11.3. The number of Topliss-reactive ketones (excluding diaryl/α,β-unsaturated/α-hetero) is 1. The lowest BCUT2D eigenvalue weighted by Gasteiger charge is -2.07. The molecule has 1 N–H and O–H groups in total. The van der Waals surface area contributed by atoms with E-state index < -0.39 is 11.8 Å². The van der Waals surface area contributed by atoms with Crippen LogP contribution in [0.3, 0.4) is 0 Å². The molecule has 0 bridgehead atoms. The third kappa shape index (κ3) is 4.61. The lowest BCUT2D eigenvalue weighted by Crippen LogP contribution is -2.17. The van der Waals surface area contributed by atoms with Crippen LogP contribution in [0.15, 0.2) is 11.8 Å². The Morgan fingerprint density at radius 1 is 1.43 bits per heavy atom. The molecule has 5 heteroatoms. The van der Waals surface area contributed by atoms with Gasteiger partial charge < -0.3 is 14.7 Å². The van der Waals surface area contributed by atoms with E-state index in [4.69, 9.17) is 9.84 Å². The zero-order valence-corrected chi connectivity index (χ0v) is 8.61. The van der Waals surface area contributed by atoms with E-state index in [9.17, 15) is 9.59 Å². The average molecular weight is 201 g/mol. The second kappa shape index (κ2) is 6.15. The molecule has 80 valence electrons. The van der Waals surface area contributed by atoms with Gasteiger partial charge in [-0.2, -0.15) is 0 Å². The number of carboxylic acid groups (broad SMARTS) is 1. The van der Waals surface area contributed by atoms with Gasteiger partial charge in [-0.3, -0.25) is 4.79 Å². The fourth-order valence-corrected chi connectivity index (χ4v) is 0.834. The summed E-state index contributed by atoms with van der Waals surface area (Å²) in [4.78, 5) is 23.5. The molecular formula is C9H15NO4. The fourth-order valence-electron chi connectivity index (χ4n) is 0.834. The van der Waals surface area contributed by atoms with Gasteiger partial charge in [-0.15, -0.1) is 0 Å². The van der Waals surface area contributed by atoms with Crippen molar-refractivity contribution in [3.05, 3.63) is 11.8 Å². The molecule has 0 rings (SSSR count). The Hall–Kier alpha value is -1.36. The largest absolute Gasteiger partial charge is 0.478 e. The smallest absolute Gasteiger partial charge is 0.340 e. The Balaban J connectivity index is 4.51. The van der Waals surface area contributed by atoms with E-state index in [2.05, 4.69) is 0 Å². The van der Waals surface area contributed by atoms with Gasteiger partial charge in [-0.25, -0.2) is 4.79 Å². The summed E-state index contributed by atoms with van der Waals surface area (Å²) in [5.41, 5.74) is -0.216. The monoisotopic (exact) mass is 201 g/mol. The maximum atomic E-state index is 11.3. The summed E-state index contributed by atoms with van der Waals surface area (Å²) in [5, 5.41) is 8.74. The predicted octanol–water partition coefficient (Wildman–Crippen LogP) is 0.122. The molecule has 0 amide bonds. The van der Waals surface area contributed by atoms with Crippen molar-refractivity contribution in [1.29, 1.82) is 0 Å². The minimum Gasteiger partial charge on any atom is -0.478 e. The number of ketones is 1. The van der Waals surface area contributed by atoms with Crippen LogP contribution in [0, 0.1) is 0 Å². The first-order valence-corrected chi connectivity index (χ1v) is 4.12. The average Bonchev–Trinajstić information content (AvgIpc) is 2.09. The van der Waals surface area contributed by atoms with Crippen LogP contribution in [0.25, 0.3) is 0 Å². The van der Waals surface area contributed by atoms with Crippen molar-refractivity contribution in [3.63, 3.8) is 0 Å². The molecule has 0 atom stereocenters. The van der Waals surface area contributed by atoms with Crippen molar-refractivity contribution in [1.82, 2.24) is 4.90 Å². The molecule has 0 aromatic rings. The Morgan fingerprint density at radius 2 is 2.00 bits per heavy atom. The third-order valence-electron chi connectivity index (χ3n) is 1.45. The molecule has 0 aromatic carbocycles. The fraction of sp³-hybridized carbons (Fsp3) is 0.556. The van der Waals surface area contributed by atoms with Crippen molar-refractivity contribution in [3.8, 4) is 0 Å². The van der Waals surface area contributed by atoms with Gasteiger partial charge in [0.15, 0.2) is 5.78 Å². The molecule has 0 unspecified atom stereocenters. The highest BCUT2D eigenvalue weighted by atomic mass is 16.5. The van der Waals surface area contributed by atoms with Gasteiger partial charge in [0.2, 0.25) is 0 Å². The van der Waals surface area contributed by atoms with Crippen molar-refractivity contribution >= 4 is 11.8 Å². The van der Waals surface area contributed by atoms with Crippen LogP contribution in [-0.2, 0) is 14.3 Å². The predicted molar refractivity (Wildman–Crippen MR) is 50.9 cm³/mol. The van der Waals surface area contributed by atoms with Gasteiger partial charge in [0, 0.05) is 33.8 Å². The summed E-state index contributed by atoms with van der Waals surface area (Å²) in [5.74, 6) is -1.63. The number of nitrogens with zero attached hydrogens (tertiary/aromatic N) is 1. The summed E-state index contributed by atoms with van der Waals surface area (Å²) in [6, 6.07) is 0. The SMILES string of the molecule is COCCC(=O)/C(=C/N(C)C)C(=O)O. The van der Waals surface area contributed by atoms with Crippen molar-refractivity contribution in [2.45, 2.75) is 6.42 Å². The van der Waals surface area contributed by atoms with E-state index in [0.717, 1.165) is 0 Å². The zero-order chi connectivity index (χ0) is 11.1. The quantitative estimate of drug-likeness (QED) is 0.375.